The van der Waals surface area contributed by atoms with E-state index in [2.05, 4.69) is 20.0 Å². The van der Waals surface area contributed by atoms with Crippen LogP contribution in [-0.2, 0) is 19.1 Å². The van der Waals surface area contributed by atoms with Crippen molar-refractivity contribution in [3.8, 4) is 0 Å². The van der Waals surface area contributed by atoms with E-state index in [9.17, 15) is 18.0 Å². The number of aryl methyl sites for hydroxylation is 1. The second-order valence-corrected chi connectivity index (χ2v) is 7.79. The molecule has 7 nitrogen and oxygen atoms in total. The van der Waals surface area contributed by atoms with Crippen LogP contribution >= 0.6 is 0 Å². The molecule has 1 aliphatic rings. The highest BCUT2D eigenvalue weighted by Gasteiger charge is 2.30. The Morgan fingerprint density at radius 1 is 1.17 bits per heavy atom. The molecule has 1 fully saturated rings. The van der Waals surface area contributed by atoms with Crippen molar-refractivity contribution in [2.24, 2.45) is 5.92 Å². The first kappa shape index (κ1) is 20.4. The van der Waals surface area contributed by atoms with Gasteiger partial charge in [-0.1, -0.05) is 18.2 Å². The first-order chi connectivity index (χ1) is 14.3. The van der Waals surface area contributed by atoms with Crippen LogP contribution in [0.3, 0.4) is 0 Å². The van der Waals surface area contributed by atoms with Gasteiger partial charge in [-0.05, 0) is 56.3 Å². The predicted molar refractivity (Wildman–Crippen MR) is 106 cm³/mol. The molecule has 0 aliphatic carbocycles. The van der Waals surface area contributed by atoms with Gasteiger partial charge in [-0.15, -0.1) is 0 Å². The van der Waals surface area contributed by atoms with E-state index in [4.69, 9.17) is 5.73 Å². The molecule has 0 spiro atoms. The third-order valence-corrected chi connectivity index (χ3v) is 5.59. The summed E-state index contributed by atoms with van der Waals surface area (Å²) < 4.78 is 39.8. The Balaban J connectivity index is 1.30. The van der Waals surface area contributed by atoms with Gasteiger partial charge in [0.05, 0.1) is 11.3 Å². The fraction of sp³-hybridized carbons (Fsp3) is 0.450. The number of benzene rings is 1. The van der Waals surface area contributed by atoms with E-state index in [1.54, 1.807) is 6.07 Å². The van der Waals surface area contributed by atoms with Gasteiger partial charge >= 0.3 is 6.18 Å². The van der Waals surface area contributed by atoms with Crippen molar-refractivity contribution in [3.05, 3.63) is 57.5 Å². The lowest BCUT2D eigenvalue weighted by Gasteiger charge is -2.31. The third-order valence-electron chi connectivity index (χ3n) is 5.59. The number of anilines is 1. The van der Waals surface area contributed by atoms with E-state index < -0.39 is 11.7 Å². The molecule has 2 aromatic heterocycles. The van der Waals surface area contributed by atoms with Crippen molar-refractivity contribution >= 4 is 11.7 Å². The van der Waals surface area contributed by atoms with Gasteiger partial charge in [0.2, 0.25) is 5.95 Å². The monoisotopic (exact) mass is 420 g/mol. The van der Waals surface area contributed by atoms with Crippen LogP contribution in [0.1, 0.15) is 36.1 Å². The lowest BCUT2D eigenvalue weighted by atomic mass is 9.90. The largest absolute Gasteiger partial charge is 0.416 e. The van der Waals surface area contributed by atoms with E-state index in [-0.39, 0.29) is 17.3 Å². The maximum Gasteiger partial charge on any atom is 0.416 e. The zero-order valence-electron chi connectivity index (χ0n) is 16.3. The number of piperidine rings is 1. The van der Waals surface area contributed by atoms with Gasteiger partial charge in [-0.2, -0.15) is 22.7 Å². The van der Waals surface area contributed by atoms with Crippen molar-refractivity contribution in [1.82, 2.24) is 24.5 Å². The zero-order valence-corrected chi connectivity index (χ0v) is 16.3. The van der Waals surface area contributed by atoms with E-state index in [0.717, 1.165) is 44.0 Å². The van der Waals surface area contributed by atoms with E-state index in [1.165, 1.54) is 22.7 Å². The summed E-state index contributed by atoms with van der Waals surface area (Å²) in [4.78, 5) is 22.7. The average Bonchev–Trinajstić information content (AvgIpc) is 3.08. The summed E-state index contributed by atoms with van der Waals surface area (Å²) >= 11 is 0. The number of nitrogens with two attached hydrogens (primary N) is 1. The summed E-state index contributed by atoms with van der Waals surface area (Å²) in [6.45, 7) is 2.27. The summed E-state index contributed by atoms with van der Waals surface area (Å²) in [7, 11) is 0. The van der Waals surface area contributed by atoms with Crippen LogP contribution in [0.15, 0.2) is 35.1 Å². The molecule has 0 radical (unpaired) electrons. The molecule has 160 valence electrons. The standard InChI is InChI=1S/C20H23F3N6O/c21-20(22,23)15-3-1-2-14(10-15)5-4-13-6-8-28(9-7-13)12-16-11-17(30)29-19(25-16)26-18(24)27-29/h1-3,10-11,13H,4-9,12H2,(H3,24,25,26,27). The molecule has 0 atom stereocenters. The number of nitrogens with zero attached hydrogens (tertiary/aromatic N) is 4. The molecule has 3 heterocycles. The van der Waals surface area contributed by atoms with Gasteiger partial charge in [0.1, 0.15) is 0 Å². The number of nitrogens with one attached hydrogen (secondary N) is 1. The molecule has 0 unspecified atom stereocenters. The minimum absolute atomic E-state index is 0.137. The van der Waals surface area contributed by atoms with Crippen LogP contribution in [0.5, 0.6) is 0 Å². The molecule has 0 amide bonds. The summed E-state index contributed by atoms with van der Waals surface area (Å²) in [5.74, 6) is 0.868. The third kappa shape index (κ3) is 4.64. The Labute approximate surface area is 170 Å². The molecule has 30 heavy (non-hydrogen) atoms. The van der Waals surface area contributed by atoms with Gasteiger partial charge in [-0.25, -0.2) is 4.98 Å². The van der Waals surface area contributed by atoms with Gasteiger partial charge in [0, 0.05) is 12.6 Å². The number of alkyl halides is 3. The Morgan fingerprint density at radius 3 is 2.67 bits per heavy atom. The predicted octanol–water partition coefficient (Wildman–Crippen LogP) is 2.86. The number of fused-ring (bicyclic) bond motifs is 1. The van der Waals surface area contributed by atoms with E-state index in [1.807, 2.05) is 0 Å². The fourth-order valence-electron chi connectivity index (χ4n) is 3.96. The highest BCUT2D eigenvalue weighted by Crippen LogP contribution is 2.30. The van der Waals surface area contributed by atoms with Crippen molar-refractivity contribution < 1.29 is 13.2 Å². The smallest absolute Gasteiger partial charge is 0.368 e. The molecule has 1 saturated heterocycles. The first-order valence-electron chi connectivity index (χ1n) is 9.90. The molecular formula is C20H23F3N6O. The number of rotatable bonds is 5. The molecule has 3 N–H and O–H groups in total. The topological polar surface area (TPSA) is 92.3 Å². The molecule has 0 bridgehead atoms. The average molecular weight is 420 g/mol. The second-order valence-electron chi connectivity index (χ2n) is 7.79. The first-order valence-corrected chi connectivity index (χ1v) is 9.90. The second kappa shape index (κ2) is 8.10. The number of aromatic nitrogens is 4. The molecule has 0 saturated carbocycles. The number of nitrogen functional groups attached to an aromatic ring is 1. The maximum absolute atomic E-state index is 12.9. The maximum atomic E-state index is 12.9. The summed E-state index contributed by atoms with van der Waals surface area (Å²) in [6.07, 6.45) is -0.856. The molecular weight excluding hydrogens is 397 g/mol. The Bertz CT molecular complexity index is 1080. The van der Waals surface area contributed by atoms with E-state index >= 15 is 0 Å². The fourth-order valence-corrected chi connectivity index (χ4v) is 3.96. The Morgan fingerprint density at radius 2 is 1.93 bits per heavy atom. The molecule has 4 rings (SSSR count). The normalized spacial score (nSPS) is 16.4. The van der Waals surface area contributed by atoms with Gasteiger partial charge in [-0.3, -0.25) is 14.8 Å². The number of aromatic amines is 1. The van der Waals surface area contributed by atoms with Gasteiger partial charge in [0.25, 0.3) is 11.3 Å². The highest BCUT2D eigenvalue weighted by molar-refractivity contribution is 5.34. The van der Waals surface area contributed by atoms with Crippen LogP contribution in [0.25, 0.3) is 5.78 Å². The SMILES string of the molecule is Nc1nc2nc(CN3CCC(CCc4cccc(C(F)(F)F)c4)CC3)cc(=O)n2[nH]1. The number of H-pyrrole nitrogens is 1. The zero-order chi connectivity index (χ0) is 21.3. The van der Waals surface area contributed by atoms with Crippen LogP contribution < -0.4 is 11.3 Å². The van der Waals surface area contributed by atoms with Crippen molar-refractivity contribution in [3.63, 3.8) is 0 Å². The summed E-state index contributed by atoms with van der Waals surface area (Å²) in [5.41, 5.74) is 6.11. The molecule has 1 aromatic carbocycles. The Kier molecular flexibility index (Phi) is 5.50. The minimum Gasteiger partial charge on any atom is -0.368 e. The summed E-state index contributed by atoms with van der Waals surface area (Å²) in [6, 6.07) is 7.06. The van der Waals surface area contributed by atoms with Crippen LogP contribution in [0.2, 0.25) is 0 Å². The van der Waals surface area contributed by atoms with Crippen molar-refractivity contribution in [2.75, 3.05) is 18.8 Å². The van der Waals surface area contributed by atoms with Gasteiger partial charge < -0.3 is 5.73 Å². The molecule has 3 aromatic rings. The van der Waals surface area contributed by atoms with Crippen LogP contribution in [0.4, 0.5) is 19.1 Å². The van der Waals surface area contributed by atoms with Crippen LogP contribution in [-0.4, -0.2) is 37.6 Å². The van der Waals surface area contributed by atoms with E-state index in [0.29, 0.717) is 24.6 Å². The quantitative estimate of drug-likeness (QED) is 0.662. The highest BCUT2D eigenvalue weighted by atomic mass is 19.4. The minimum atomic E-state index is -4.30. The number of likely N-dealkylation sites (tertiary alicyclic amines) is 1. The number of hydrogen-bond acceptors (Lipinski definition) is 5. The number of halogens is 3. The van der Waals surface area contributed by atoms with Crippen molar-refractivity contribution in [1.29, 1.82) is 0 Å². The molecule has 1 aliphatic heterocycles. The van der Waals surface area contributed by atoms with Crippen LogP contribution in [0, 0.1) is 5.92 Å². The lowest BCUT2D eigenvalue weighted by Crippen LogP contribution is -2.34. The van der Waals surface area contributed by atoms with Crippen molar-refractivity contribution in [2.45, 2.75) is 38.4 Å². The number of hydrogen-bond donors (Lipinski definition) is 2. The summed E-state index contributed by atoms with van der Waals surface area (Å²) in [5, 5.41) is 2.63. The molecule has 10 heteroatoms. The van der Waals surface area contributed by atoms with Gasteiger partial charge in [0.15, 0.2) is 0 Å². The Hall–Kier alpha value is -2.88. The lowest BCUT2D eigenvalue weighted by molar-refractivity contribution is -0.137.